The fraction of sp³-hybridized carbons (Fsp3) is 0.375. The molecule has 89 heavy (non-hydrogen) atoms. The average Bonchev–Trinajstić information content (AvgIpc) is 4.23. The van der Waals surface area contributed by atoms with Crippen LogP contribution in [0.5, 0.6) is 0 Å². The summed E-state index contributed by atoms with van der Waals surface area (Å²) in [7, 11) is 0. The minimum absolute atomic E-state index is 0. The molecular formula is C72H86Cl2NO7Y7-7. The Kier molecular flexibility index (Phi) is 72.9. The van der Waals surface area contributed by atoms with Crippen LogP contribution in [0.15, 0.2) is 170 Å². The summed E-state index contributed by atoms with van der Waals surface area (Å²) in [6.45, 7) is 17.7. The molecule has 0 spiro atoms. The number of alkyl halides is 2. The number of carbonyl (C=O) groups excluding carboxylic acids is 1. The molecule has 7 aromatic carbocycles. The number of benzene rings is 7. The normalized spacial score (nSPS) is 12.9. The Morgan fingerprint density at radius 1 is 0.438 bits per heavy atom. The number of Topliss-reactive ketones (excluding diaryl/α,β-unsaturated/α-hetero) is 1. The van der Waals surface area contributed by atoms with Crippen molar-refractivity contribution < 1.29 is 263 Å². The van der Waals surface area contributed by atoms with Crippen LogP contribution in [0.3, 0.4) is 0 Å². The molecule has 0 aromatic heterocycles. The van der Waals surface area contributed by atoms with E-state index >= 15 is 0 Å². The molecule has 0 saturated carbocycles. The molecule has 1 aliphatic rings. The first-order valence-electron chi connectivity index (χ1n) is 28.1. The van der Waals surface area contributed by atoms with Gasteiger partial charge in [0.25, 0.3) is 0 Å². The van der Waals surface area contributed by atoms with Crippen LogP contribution in [-0.2, 0) is 293 Å². The molecule has 7 aromatic rings. The van der Waals surface area contributed by atoms with E-state index in [2.05, 4.69) is 113 Å². The van der Waals surface area contributed by atoms with Gasteiger partial charge in [-0.3, -0.25) is 14.4 Å². The number of aliphatic carboxylic acids is 2. The van der Waals surface area contributed by atoms with Crippen LogP contribution in [0.1, 0.15) is 94.3 Å². The summed E-state index contributed by atoms with van der Waals surface area (Å²) in [6, 6.07) is 74.3. The molecule has 8 nitrogen and oxygen atoms in total. The Morgan fingerprint density at radius 2 is 0.697 bits per heavy atom. The third-order valence-electron chi connectivity index (χ3n) is 12.7. The number of ketones is 1. The number of hydrogen-bond donors (Lipinski definition) is 4. The molecule has 1 fully saturated rings. The molecule has 0 bridgehead atoms. The molecule has 0 unspecified atom stereocenters. The van der Waals surface area contributed by atoms with Gasteiger partial charge >= 0.3 is 11.9 Å². The van der Waals surface area contributed by atoms with Crippen LogP contribution in [0.2, 0.25) is 0 Å². The third kappa shape index (κ3) is 54.0. The van der Waals surface area contributed by atoms with Gasteiger partial charge in [0, 0.05) is 241 Å². The number of carbonyl (C=O) groups is 3. The molecule has 17 heteroatoms. The number of nitrogens with two attached hydrogens (primary N) is 1. The second-order valence-electron chi connectivity index (χ2n) is 21.3. The quantitative estimate of drug-likeness (QED) is 0.0316. The minimum Gasteiger partial charge on any atom is -0.481 e. The molecule has 5 N–H and O–H groups in total. The average molecular weight is 1770 g/mol. The van der Waals surface area contributed by atoms with E-state index in [1.165, 1.54) is 35.1 Å². The molecule has 463 valence electrons. The summed E-state index contributed by atoms with van der Waals surface area (Å²) >= 11 is 11.0. The van der Waals surface area contributed by atoms with E-state index in [1.807, 2.05) is 123 Å². The largest absolute Gasteiger partial charge is 0.481 e. The number of carboxylic acid groups (broad SMARTS) is 2. The Bertz CT molecular complexity index is 2590. The topological polar surface area (TPSA) is 150 Å². The molecular weight excluding hydrogens is 1680 g/mol. The number of epoxide rings is 1. The smallest absolute Gasteiger partial charge is 0.320 e. The van der Waals surface area contributed by atoms with Crippen LogP contribution >= 0.6 is 23.2 Å². The van der Waals surface area contributed by atoms with E-state index in [9.17, 15) is 19.5 Å². The zero-order chi connectivity index (χ0) is 60.5. The van der Waals surface area contributed by atoms with Crippen LogP contribution in [-0.4, -0.2) is 69.7 Å². The van der Waals surface area contributed by atoms with Crippen LogP contribution < -0.4 is 5.73 Å². The summed E-state index contributed by atoms with van der Waals surface area (Å²) in [5.74, 6) is 0.879. The van der Waals surface area contributed by atoms with Gasteiger partial charge in [0.05, 0.1) is 30.6 Å². The molecule has 7 radical (unpaired) electrons. The fourth-order valence-corrected chi connectivity index (χ4v) is 8.34. The number of rotatable bonds is 21. The van der Waals surface area contributed by atoms with Crippen molar-refractivity contribution in [2.24, 2.45) is 41.2 Å². The maximum absolute atomic E-state index is 11.2. The number of hydrogen-bond acceptors (Lipinski definition) is 6. The summed E-state index contributed by atoms with van der Waals surface area (Å²) < 4.78 is 5.23. The molecule has 8 rings (SSSR count). The Labute approximate surface area is 721 Å². The van der Waals surface area contributed by atoms with Gasteiger partial charge in [-0.2, -0.15) is 251 Å². The van der Waals surface area contributed by atoms with Crippen molar-refractivity contribution in [1.82, 2.24) is 0 Å². The second kappa shape index (κ2) is 64.0. The Balaban J connectivity index is -0.000000223. The number of ether oxygens (including phenoxy) is 1. The van der Waals surface area contributed by atoms with E-state index in [0.717, 1.165) is 54.4 Å². The fourth-order valence-electron chi connectivity index (χ4n) is 7.77. The number of aliphatic hydroxyl groups excluding tert-OH is 1. The summed E-state index contributed by atoms with van der Waals surface area (Å²) in [6.07, 6.45) is 6.17. The van der Waals surface area contributed by atoms with Crippen molar-refractivity contribution in [2.45, 2.75) is 119 Å². The Hall–Kier alpha value is 1.34. The number of carboxylic acids is 2. The van der Waals surface area contributed by atoms with Crippen LogP contribution in [0, 0.1) is 78.0 Å². The summed E-state index contributed by atoms with van der Waals surface area (Å²) in [4.78, 5) is 32.0. The molecule has 1 heterocycles. The molecule has 1 aliphatic heterocycles. The predicted molar refractivity (Wildman–Crippen MR) is 335 cm³/mol. The van der Waals surface area contributed by atoms with E-state index in [4.69, 9.17) is 43.9 Å². The first-order chi connectivity index (χ1) is 39.3. The van der Waals surface area contributed by atoms with Crippen molar-refractivity contribution in [2.75, 3.05) is 18.4 Å². The van der Waals surface area contributed by atoms with Gasteiger partial charge < -0.3 is 25.8 Å². The number of halogens is 2. The second-order valence-corrected chi connectivity index (χ2v) is 21.9. The van der Waals surface area contributed by atoms with E-state index < -0.39 is 24.1 Å². The van der Waals surface area contributed by atoms with Crippen LogP contribution in [0.4, 0.5) is 0 Å². The van der Waals surface area contributed by atoms with Crippen LogP contribution in [0.25, 0.3) is 0 Å². The van der Waals surface area contributed by atoms with Gasteiger partial charge in [0.15, 0.2) is 5.78 Å². The van der Waals surface area contributed by atoms with Crippen molar-refractivity contribution >= 4 is 40.9 Å². The van der Waals surface area contributed by atoms with E-state index in [0.29, 0.717) is 30.7 Å². The summed E-state index contributed by atoms with van der Waals surface area (Å²) in [5, 5.41) is 26.6. The molecule has 0 amide bonds. The predicted octanol–water partition coefficient (Wildman–Crippen LogP) is 14.3. The maximum atomic E-state index is 11.2. The van der Waals surface area contributed by atoms with E-state index in [1.54, 1.807) is 31.2 Å². The zero-order valence-corrected chi connectivity index (χ0v) is 74.7. The maximum Gasteiger partial charge on any atom is 0.320 e. The first kappa shape index (κ1) is 101. The SMILES string of the molecule is CC(C)Cc1cc[c-]cc1.CC(C)Cc1cc[c-]cc1.C[C@@H](Cc1cc[c-]cc1)C(=O)CCl.C[C@@H](Cc1cc[c-]cc1)C(=O)O.C[C@@H](Cc1cc[c-]cc1)[C@@H](O)CCl.C[C@@H](Cc1cc[c-]cc1)[C@@H]1CO1.N[C@@H](Cc1cc[c-]cc1)C(=O)O.[Y].[Y].[Y].[Y].[Y].[Y].[Y]. The first-order valence-corrected chi connectivity index (χ1v) is 29.2. The molecule has 0 aliphatic carbocycles. The van der Waals surface area contributed by atoms with Gasteiger partial charge in [-0.1, -0.05) is 55.4 Å². The van der Waals surface area contributed by atoms with Crippen molar-refractivity contribution in [3.05, 3.63) is 251 Å². The molecule has 7 atom stereocenters. The van der Waals surface area contributed by atoms with Gasteiger partial charge in [-0.05, 0) is 68.6 Å². The van der Waals surface area contributed by atoms with Gasteiger partial charge in [0.1, 0.15) is 6.04 Å². The third-order valence-corrected chi connectivity index (χ3v) is 13.3. The van der Waals surface area contributed by atoms with Crippen molar-refractivity contribution in [3.63, 3.8) is 0 Å². The monoisotopic (exact) mass is 1770 g/mol. The number of aliphatic hydroxyl groups is 1. The molecule has 1 saturated heterocycles. The van der Waals surface area contributed by atoms with Gasteiger partial charge in [-0.25, -0.2) is 0 Å². The standard InChI is InChI=1S/C11H14ClO.C11H12ClO.C11H13O.C10H11O2.2C10H13.C9H10NO2.7Y/c2*1-9(11(13)8-12)7-10-5-3-2-4-6-10;1-9(11-8-12-11)7-10-5-3-2-4-6-10;1-8(10(11)12)7-9-5-3-2-4-6-9;2*1-9(2)8-10-6-4-3-5-7-10;10-8(9(11)12)6-7-4-2-1-3-5-7;;;;;;;/h3-6,9,11,13H,7-8H2,1H3;3-6,9H,7-8H2,1H3;3-6,9,11H,7-8H2,1H3;3-6,8H,7H2,1H3,(H,11,12);2*4-7,9H,8H2,1-2H3;2-5,8H,6,10H2,(H,11,12);;;;;;;/q7*-1;;;;;;;/t9-,11-;9-;9-,11-;8-;;;8-;;;;;;;/m0000..0......./s1. The zero-order valence-electron chi connectivity index (χ0n) is 53.3. The van der Waals surface area contributed by atoms with Crippen molar-refractivity contribution in [1.29, 1.82) is 0 Å². The Morgan fingerprint density at radius 3 is 0.944 bits per heavy atom. The summed E-state index contributed by atoms with van der Waals surface area (Å²) in [5.41, 5.74) is 13.9. The van der Waals surface area contributed by atoms with Gasteiger partial charge in [0.2, 0.25) is 0 Å². The van der Waals surface area contributed by atoms with Crippen molar-refractivity contribution in [3.8, 4) is 0 Å². The van der Waals surface area contributed by atoms with E-state index in [-0.39, 0.29) is 258 Å². The minimum atomic E-state index is -0.970. The van der Waals surface area contributed by atoms with Gasteiger partial charge in [-0.15, -0.1) is 23.2 Å².